The van der Waals surface area contributed by atoms with E-state index in [1.165, 1.54) is 0 Å². The zero-order valence-electron chi connectivity index (χ0n) is 12.3. The zero-order valence-corrected chi connectivity index (χ0v) is 13.1. The first kappa shape index (κ1) is 15.9. The molecular formula is C17H18ClF2N. The Morgan fingerprint density at radius 2 is 1.71 bits per heavy atom. The summed E-state index contributed by atoms with van der Waals surface area (Å²) < 4.78 is 26.7. The predicted octanol–water partition coefficient (Wildman–Crippen LogP) is 5.09. The Bertz CT molecular complexity index is 653. The fourth-order valence-corrected chi connectivity index (χ4v) is 2.37. The summed E-state index contributed by atoms with van der Waals surface area (Å²) in [5, 5.41) is 3.54. The molecule has 0 aliphatic heterocycles. The Morgan fingerprint density at radius 3 is 2.38 bits per heavy atom. The fraction of sp³-hybridized carbons (Fsp3) is 0.294. The first-order valence-corrected chi connectivity index (χ1v) is 7.24. The van der Waals surface area contributed by atoms with E-state index in [9.17, 15) is 8.78 Å². The van der Waals surface area contributed by atoms with Crippen molar-refractivity contribution in [3.63, 3.8) is 0 Å². The van der Waals surface area contributed by atoms with Gasteiger partial charge >= 0.3 is 0 Å². The lowest BCUT2D eigenvalue weighted by molar-refractivity contribution is 0.509. The van der Waals surface area contributed by atoms with Gasteiger partial charge in [0.1, 0.15) is 0 Å². The molecule has 4 heteroatoms. The van der Waals surface area contributed by atoms with Crippen LogP contribution in [0.25, 0.3) is 11.1 Å². The molecule has 0 aromatic heterocycles. The smallest absolute Gasteiger partial charge is 0.160 e. The monoisotopic (exact) mass is 309 g/mol. The van der Waals surface area contributed by atoms with Crippen LogP contribution in [0.3, 0.4) is 0 Å². The topological polar surface area (TPSA) is 12.0 Å². The number of rotatable bonds is 4. The van der Waals surface area contributed by atoms with Crippen LogP contribution in [-0.2, 0) is 6.54 Å². The first-order valence-electron chi connectivity index (χ1n) is 6.86. The van der Waals surface area contributed by atoms with Crippen molar-refractivity contribution in [1.82, 2.24) is 5.32 Å². The van der Waals surface area contributed by atoms with Gasteiger partial charge in [0.25, 0.3) is 0 Å². The van der Waals surface area contributed by atoms with Crippen LogP contribution in [-0.4, -0.2) is 6.04 Å². The van der Waals surface area contributed by atoms with E-state index in [1.807, 2.05) is 25.1 Å². The molecule has 0 aliphatic rings. The predicted molar refractivity (Wildman–Crippen MR) is 83.5 cm³/mol. The van der Waals surface area contributed by atoms with Gasteiger partial charge in [-0.25, -0.2) is 8.78 Å². The minimum Gasteiger partial charge on any atom is -0.310 e. The van der Waals surface area contributed by atoms with Crippen LogP contribution in [0.15, 0.2) is 30.3 Å². The van der Waals surface area contributed by atoms with Gasteiger partial charge in [0.05, 0.1) is 5.02 Å². The van der Waals surface area contributed by atoms with Crippen LogP contribution in [0.4, 0.5) is 8.78 Å². The molecule has 0 bridgehead atoms. The second-order valence-corrected chi connectivity index (χ2v) is 5.84. The van der Waals surface area contributed by atoms with Crippen molar-refractivity contribution in [1.29, 1.82) is 0 Å². The van der Waals surface area contributed by atoms with Crippen LogP contribution in [0.1, 0.15) is 25.0 Å². The van der Waals surface area contributed by atoms with Gasteiger partial charge in [0.15, 0.2) is 11.6 Å². The van der Waals surface area contributed by atoms with Gasteiger partial charge < -0.3 is 5.32 Å². The second kappa shape index (κ2) is 6.54. The molecule has 0 unspecified atom stereocenters. The lowest BCUT2D eigenvalue weighted by Crippen LogP contribution is -2.21. The summed E-state index contributed by atoms with van der Waals surface area (Å²) in [7, 11) is 0. The SMILES string of the molecule is Cc1ccc(CNC(C)C)cc1-c1cc(F)c(F)cc1Cl. The lowest BCUT2D eigenvalue weighted by atomic mass is 9.97. The lowest BCUT2D eigenvalue weighted by Gasteiger charge is -2.13. The van der Waals surface area contributed by atoms with Gasteiger partial charge in [-0.3, -0.25) is 0 Å². The van der Waals surface area contributed by atoms with Crippen LogP contribution in [0, 0.1) is 18.6 Å². The number of hydrogen-bond acceptors (Lipinski definition) is 1. The average molecular weight is 310 g/mol. The third kappa shape index (κ3) is 3.80. The zero-order chi connectivity index (χ0) is 15.6. The van der Waals surface area contributed by atoms with E-state index in [-0.39, 0.29) is 5.02 Å². The molecule has 0 amide bonds. The van der Waals surface area contributed by atoms with Gasteiger partial charge in [-0.2, -0.15) is 0 Å². The maximum absolute atomic E-state index is 13.5. The van der Waals surface area contributed by atoms with Crippen molar-refractivity contribution in [2.45, 2.75) is 33.4 Å². The van der Waals surface area contributed by atoms with Crippen molar-refractivity contribution in [2.75, 3.05) is 0 Å². The van der Waals surface area contributed by atoms with Gasteiger partial charge in [0.2, 0.25) is 0 Å². The molecule has 0 fully saturated rings. The number of hydrogen-bond donors (Lipinski definition) is 1. The van der Waals surface area contributed by atoms with Gasteiger partial charge in [-0.15, -0.1) is 0 Å². The maximum Gasteiger partial charge on any atom is 0.160 e. The van der Waals surface area contributed by atoms with E-state index in [0.29, 0.717) is 18.2 Å². The quantitative estimate of drug-likeness (QED) is 0.776. The minimum absolute atomic E-state index is 0.214. The molecule has 0 saturated heterocycles. The molecule has 1 N–H and O–H groups in total. The van der Waals surface area contributed by atoms with E-state index >= 15 is 0 Å². The Kier molecular flexibility index (Phi) is 4.96. The summed E-state index contributed by atoms with van der Waals surface area (Å²) in [6, 6.07) is 8.49. The number of benzene rings is 2. The molecule has 0 spiro atoms. The largest absolute Gasteiger partial charge is 0.310 e. The summed E-state index contributed by atoms with van der Waals surface area (Å²) in [6.45, 7) is 6.78. The summed E-state index contributed by atoms with van der Waals surface area (Å²) in [5.74, 6) is -1.82. The summed E-state index contributed by atoms with van der Waals surface area (Å²) in [5.41, 5.74) is 3.38. The van der Waals surface area contributed by atoms with Crippen molar-refractivity contribution in [3.8, 4) is 11.1 Å². The van der Waals surface area contributed by atoms with Gasteiger partial charge in [-0.1, -0.05) is 37.6 Å². The summed E-state index contributed by atoms with van der Waals surface area (Å²) in [4.78, 5) is 0. The minimum atomic E-state index is -0.931. The Hall–Kier alpha value is -1.45. The highest BCUT2D eigenvalue weighted by atomic mass is 35.5. The molecule has 2 aromatic rings. The van der Waals surface area contributed by atoms with Crippen LogP contribution in [0.5, 0.6) is 0 Å². The van der Waals surface area contributed by atoms with Crippen LogP contribution < -0.4 is 5.32 Å². The molecule has 0 saturated carbocycles. The third-order valence-electron chi connectivity index (χ3n) is 3.32. The number of nitrogens with one attached hydrogen (secondary N) is 1. The van der Waals surface area contributed by atoms with Crippen molar-refractivity contribution in [3.05, 3.63) is 58.1 Å². The molecule has 0 aliphatic carbocycles. The molecule has 0 atom stereocenters. The van der Waals surface area contributed by atoms with E-state index in [4.69, 9.17) is 11.6 Å². The molecule has 2 rings (SSSR count). The van der Waals surface area contributed by atoms with Crippen LogP contribution >= 0.6 is 11.6 Å². The van der Waals surface area contributed by atoms with E-state index in [1.54, 1.807) is 0 Å². The highest BCUT2D eigenvalue weighted by Gasteiger charge is 2.12. The van der Waals surface area contributed by atoms with Crippen LogP contribution in [0.2, 0.25) is 5.02 Å². The second-order valence-electron chi connectivity index (χ2n) is 5.43. The van der Waals surface area contributed by atoms with E-state index in [0.717, 1.165) is 28.8 Å². The Morgan fingerprint density at radius 1 is 1.05 bits per heavy atom. The highest BCUT2D eigenvalue weighted by molar-refractivity contribution is 6.33. The van der Waals surface area contributed by atoms with Crippen molar-refractivity contribution < 1.29 is 8.78 Å². The van der Waals surface area contributed by atoms with Crippen molar-refractivity contribution >= 4 is 11.6 Å². The number of aryl methyl sites for hydroxylation is 1. The molecule has 0 heterocycles. The standard InChI is InChI=1S/C17H18ClF2N/c1-10(2)21-9-12-5-4-11(3)13(6-12)14-7-16(19)17(20)8-15(14)18/h4-8,10,21H,9H2,1-3H3. The molecular weight excluding hydrogens is 292 g/mol. The summed E-state index contributed by atoms with van der Waals surface area (Å²) in [6.07, 6.45) is 0. The fourth-order valence-electron chi connectivity index (χ4n) is 2.12. The molecule has 112 valence electrons. The molecule has 21 heavy (non-hydrogen) atoms. The first-order chi connectivity index (χ1) is 9.88. The summed E-state index contributed by atoms with van der Waals surface area (Å²) >= 11 is 6.07. The molecule has 2 aromatic carbocycles. The molecule has 0 radical (unpaired) electrons. The Labute approximate surface area is 128 Å². The number of halogens is 3. The maximum atomic E-state index is 13.5. The average Bonchev–Trinajstić information content (AvgIpc) is 2.42. The molecule has 1 nitrogen and oxygen atoms in total. The van der Waals surface area contributed by atoms with Gasteiger partial charge in [0, 0.05) is 18.2 Å². The highest BCUT2D eigenvalue weighted by Crippen LogP contribution is 2.32. The van der Waals surface area contributed by atoms with E-state index < -0.39 is 11.6 Å². The van der Waals surface area contributed by atoms with Crippen molar-refractivity contribution in [2.24, 2.45) is 0 Å². The third-order valence-corrected chi connectivity index (χ3v) is 3.63. The normalized spacial score (nSPS) is 11.2. The van der Waals surface area contributed by atoms with E-state index in [2.05, 4.69) is 19.2 Å². The Balaban J connectivity index is 2.43. The van der Waals surface area contributed by atoms with Gasteiger partial charge in [-0.05, 0) is 41.8 Å².